The van der Waals surface area contributed by atoms with Gasteiger partial charge in [-0.1, -0.05) is 12.2 Å². The van der Waals surface area contributed by atoms with Crippen molar-refractivity contribution in [3.05, 3.63) is 23.9 Å². The predicted octanol–water partition coefficient (Wildman–Crippen LogP) is -0.408. The molecule has 0 aromatic heterocycles. The second kappa shape index (κ2) is 3.91. The Bertz CT molecular complexity index is 332. The fourth-order valence-electron chi connectivity index (χ4n) is 1.06. The van der Waals surface area contributed by atoms with Crippen LogP contribution in [0.4, 0.5) is 0 Å². The third-order valence-corrected chi connectivity index (χ3v) is 2.17. The highest BCUT2D eigenvalue weighted by atomic mass is 32.2. The fraction of sp³-hybridized carbons (Fsp3) is 0.429. The summed E-state index contributed by atoms with van der Waals surface area (Å²) in [5.74, 6) is -0.449. The van der Waals surface area contributed by atoms with Crippen molar-refractivity contribution in [3.63, 3.8) is 0 Å². The highest BCUT2D eigenvalue weighted by Gasteiger charge is 2.11. The summed E-state index contributed by atoms with van der Waals surface area (Å²) in [4.78, 5) is 0. The van der Waals surface area contributed by atoms with Crippen LogP contribution in [0.25, 0.3) is 0 Å². The number of hydrogen-bond donors (Lipinski definition) is 3. The molecule has 0 radical (unpaired) electrons. The molecule has 1 unspecified atom stereocenters. The van der Waals surface area contributed by atoms with E-state index in [1.54, 1.807) is 18.2 Å². The molecule has 4 N–H and O–H groups in total. The van der Waals surface area contributed by atoms with Crippen molar-refractivity contribution in [2.75, 3.05) is 5.88 Å². The lowest BCUT2D eigenvalue weighted by molar-refractivity contribution is 0.471. The van der Waals surface area contributed by atoms with Crippen LogP contribution in [0.3, 0.4) is 0 Å². The third-order valence-electron chi connectivity index (χ3n) is 1.64. The Hall–Kier alpha value is -0.850. The zero-order chi connectivity index (χ0) is 9.90. The molecular weight excluding hydrogens is 192 g/mol. The average molecular weight is 204 g/mol. The predicted molar refractivity (Wildman–Crippen MR) is 49.4 cm³/mol. The van der Waals surface area contributed by atoms with Gasteiger partial charge in [0.05, 0.1) is 0 Å². The SMILES string of the molecule is NC1=CC=CC(NCS(=O)(=O)O)C1. The average Bonchev–Trinajstić information content (AvgIpc) is 2.00. The molecule has 5 nitrogen and oxygen atoms in total. The minimum absolute atomic E-state index is 0.119. The Morgan fingerprint density at radius 1 is 1.69 bits per heavy atom. The van der Waals surface area contributed by atoms with E-state index in [2.05, 4.69) is 5.32 Å². The van der Waals surface area contributed by atoms with Gasteiger partial charge in [0.2, 0.25) is 0 Å². The smallest absolute Gasteiger partial charge is 0.278 e. The van der Waals surface area contributed by atoms with Gasteiger partial charge in [-0.25, -0.2) is 0 Å². The molecule has 1 aliphatic carbocycles. The first-order valence-corrected chi connectivity index (χ1v) is 5.40. The van der Waals surface area contributed by atoms with E-state index in [0.717, 1.165) is 0 Å². The highest BCUT2D eigenvalue weighted by molar-refractivity contribution is 7.85. The number of rotatable bonds is 3. The second-order valence-corrected chi connectivity index (χ2v) is 4.32. The van der Waals surface area contributed by atoms with E-state index in [1.165, 1.54) is 0 Å². The number of nitrogens with one attached hydrogen (secondary N) is 1. The van der Waals surface area contributed by atoms with Gasteiger partial charge in [-0.05, 0) is 6.08 Å². The number of allylic oxidation sites excluding steroid dienone is 2. The Labute approximate surface area is 77.1 Å². The minimum atomic E-state index is -3.95. The van der Waals surface area contributed by atoms with Gasteiger partial charge in [-0.2, -0.15) is 8.42 Å². The van der Waals surface area contributed by atoms with E-state index in [-0.39, 0.29) is 6.04 Å². The first-order valence-electron chi connectivity index (χ1n) is 3.79. The molecule has 0 amide bonds. The van der Waals surface area contributed by atoms with Crippen molar-refractivity contribution in [3.8, 4) is 0 Å². The topological polar surface area (TPSA) is 92.4 Å². The van der Waals surface area contributed by atoms with Crippen LogP contribution in [0.2, 0.25) is 0 Å². The van der Waals surface area contributed by atoms with Gasteiger partial charge in [-0.15, -0.1) is 0 Å². The van der Waals surface area contributed by atoms with E-state index in [0.29, 0.717) is 12.1 Å². The summed E-state index contributed by atoms with van der Waals surface area (Å²) in [6, 6.07) is -0.119. The van der Waals surface area contributed by atoms with E-state index in [1.807, 2.05) is 0 Å². The maximum absolute atomic E-state index is 10.4. The van der Waals surface area contributed by atoms with Crippen LogP contribution in [-0.4, -0.2) is 24.9 Å². The van der Waals surface area contributed by atoms with E-state index < -0.39 is 16.0 Å². The normalized spacial score (nSPS) is 22.8. The van der Waals surface area contributed by atoms with Crippen molar-refractivity contribution < 1.29 is 13.0 Å². The maximum Gasteiger partial charge on any atom is 0.278 e. The first-order chi connectivity index (χ1) is 5.97. The summed E-state index contributed by atoms with van der Waals surface area (Å²) in [7, 11) is -3.95. The molecule has 74 valence electrons. The number of nitrogens with two attached hydrogens (primary N) is 1. The summed E-state index contributed by atoms with van der Waals surface area (Å²) in [6.07, 6.45) is 5.86. The van der Waals surface area contributed by atoms with Gasteiger partial charge in [0, 0.05) is 18.2 Å². The minimum Gasteiger partial charge on any atom is -0.402 e. The molecular formula is C7H12N2O3S. The number of hydrogen-bond acceptors (Lipinski definition) is 4. The standard InChI is InChI=1S/C7H12N2O3S/c8-6-2-1-3-7(4-6)9-5-13(10,11)12/h1-3,7,9H,4-5,8H2,(H,10,11,12). The van der Waals surface area contributed by atoms with Crippen LogP contribution in [0, 0.1) is 0 Å². The van der Waals surface area contributed by atoms with Crippen LogP contribution >= 0.6 is 0 Å². The van der Waals surface area contributed by atoms with Crippen LogP contribution in [0.5, 0.6) is 0 Å². The van der Waals surface area contributed by atoms with Gasteiger partial charge in [0.15, 0.2) is 0 Å². The lowest BCUT2D eigenvalue weighted by atomic mass is 10.1. The Morgan fingerprint density at radius 3 is 2.92 bits per heavy atom. The molecule has 0 saturated heterocycles. The Kier molecular flexibility index (Phi) is 3.07. The molecule has 6 heteroatoms. The Balaban J connectivity index is 2.41. The van der Waals surface area contributed by atoms with E-state index >= 15 is 0 Å². The second-order valence-electron chi connectivity index (χ2n) is 2.87. The summed E-state index contributed by atoms with van der Waals surface area (Å²) >= 11 is 0. The first kappa shape index (κ1) is 10.2. The van der Waals surface area contributed by atoms with E-state index in [9.17, 15) is 8.42 Å². The van der Waals surface area contributed by atoms with Crippen LogP contribution in [0.1, 0.15) is 6.42 Å². The molecule has 0 aromatic rings. The highest BCUT2D eigenvalue weighted by Crippen LogP contribution is 2.07. The van der Waals surface area contributed by atoms with E-state index in [4.69, 9.17) is 10.3 Å². The van der Waals surface area contributed by atoms with Crippen molar-refractivity contribution >= 4 is 10.1 Å². The van der Waals surface area contributed by atoms with Crippen molar-refractivity contribution in [1.29, 1.82) is 0 Å². The lowest BCUT2D eigenvalue weighted by Crippen LogP contribution is -2.34. The van der Waals surface area contributed by atoms with Crippen LogP contribution in [-0.2, 0) is 10.1 Å². The third kappa shape index (κ3) is 4.07. The van der Waals surface area contributed by atoms with Gasteiger partial charge in [0.25, 0.3) is 10.1 Å². The largest absolute Gasteiger partial charge is 0.402 e. The maximum atomic E-state index is 10.4. The zero-order valence-corrected chi connectivity index (χ0v) is 7.79. The molecule has 0 fully saturated rings. The summed E-state index contributed by atoms with van der Waals surface area (Å²) in [6.45, 7) is 0. The molecule has 1 aliphatic rings. The Morgan fingerprint density at radius 2 is 2.38 bits per heavy atom. The lowest BCUT2D eigenvalue weighted by Gasteiger charge is -2.16. The zero-order valence-electron chi connectivity index (χ0n) is 6.97. The molecule has 0 aliphatic heterocycles. The quantitative estimate of drug-likeness (QED) is 0.544. The molecule has 0 saturated carbocycles. The van der Waals surface area contributed by atoms with Gasteiger partial charge >= 0.3 is 0 Å². The molecule has 0 bridgehead atoms. The van der Waals surface area contributed by atoms with Crippen LogP contribution < -0.4 is 11.1 Å². The monoisotopic (exact) mass is 204 g/mol. The molecule has 0 spiro atoms. The van der Waals surface area contributed by atoms with Crippen LogP contribution in [0.15, 0.2) is 23.9 Å². The van der Waals surface area contributed by atoms with Gasteiger partial charge < -0.3 is 5.73 Å². The summed E-state index contributed by atoms with van der Waals surface area (Å²) < 4.78 is 29.2. The molecule has 1 rings (SSSR count). The molecule has 1 atom stereocenters. The van der Waals surface area contributed by atoms with Crippen molar-refractivity contribution in [2.45, 2.75) is 12.5 Å². The van der Waals surface area contributed by atoms with Gasteiger partial charge in [0.1, 0.15) is 5.88 Å². The van der Waals surface area contributed by atoms with Gasteiger partial charge in [-0.3, -0.25) is 9.87 Å². The fourth-order valence-corrected chi connectivity index (χ4v) is 1.48. The summed E-state index contributed by atoms with van der Waals surface area (Å²) in [5.41, 5.74) is 6.21. The molecule has 0 heterocycles. The molecule has 13 heavy (non-hydrogen) atoms. The molecule has 0 aromatic carbocycles. The summed E-state index contributed by atoms with van der Waals surface area (Å²) in [5, 5.41) is 2.65. The van der Waals surface area contributed by atoms with Crippen molar-refractivity contribution in [2.24, 2.45) is 5.73 Å². The van der Waals surface area contributed by atoms with Crippen molar-refractivity contribution in [1.82, 2.24) is 5.32 Å².